The molecule has 1 heterocycles. The molecule has 1 aromatic heterocycles. The second-order valence-electron chi connectivity index (χ2n) is 5.49. The van der Waals surface area contributed by atoms with Gasteiger partial charge in [-0.1, -0.05) is 37.3 Å². The lowest BCUT2D eigenvalue weighted by Gasteiger charge is -2.18. The highest BCUT2D eigenvalue weighted by atomic mass is 14.9. The molecule has 108 valence electrons. The predicted octanol–water partition coefficient (Wildman–Crippen LogP) is 4.30. The lowest BCUT2D eigenvalue weighted by Crippen LogP contribution is -2.21. The molecule has 2 N–H and O–H groups in total. The Morgan fingerprint density at radius 2 is 1.95 bits per heavy atom. The van der Waals surface area contributed by atoms with E-state index in [1.165, 1.54) is 5.56 Å². The number of nitrogens with one attached hydrogen (secondary N) is 2. The Hall–Kier alpha value is -2.29. The SMILES string of the molecule is CCC(Cc1ccccc1)Nc1ccc2nc(C)[nH]c2c1. The Bertz CT molecular complexity index is 716. The summed E-state index contributed by atoms with van der Waals surface area (Å²) in [4.78, 5) is 7.73. The van der Waals surface area contributed by atoms with E-state index < -0.39 is 0 Å². The summed E-state index contributed by atoms with van der Waals surface area (Å²) in [6.45, 7) is 4.21. The summed E-state index contributed by atoms with van der Waals surface area (Å²) < 4.78 is 0. The number of hydrogen-bond acceptors (Lipinski definition) is 2. The van der Waals surface area contributed by atoms with Crippen molar-refractivity contribution in [2.24, 2.45) is 0 Å². The summed E-state index contributed by atoms with van der Waals surface area (Å²) in [5.41, 5.74) is 4.63. The molecule has 2 aromatic carbocycles. The number of anilines is 1. The van der Waals surface area contributed by atoms with E-state index >= 15 is 0 Å². The summed E-state index contributed by atoms with van der Waals surface area (Å²) in [6, 6.07) is 17.4. The molecule has 0 bridgehead atoms. The maximum absolute atomic E-state index is 4.44. The minimum atomic E-state index is 0.439. The lowest BCUT2D eigenvalue weighted by molar-refractivity contribution is 0.690. The van der Waals surface area contributed by atoms with Crippen LogP contribution in [0.15, 0.2) is 48.5 Å². The van der Waals surface area contributed by atoms with Crippen molar-refractivity contribution in [2.45, 2.75) is 32.7 Å². The second-order valence-corrected chi connectivity index (χ2v) is 5.49. The van der Waals surface area contributed by atoms with Crippen LogP contribution in [0, 0.1) is 6.92 Å². The number of rotatable bonds is 5. The highest BCUT2D eigenvalue weighted by Crippen LogP contribution is 2.19. The lowest BCUT2D eigenvalue weighted by atomic mass is 10.0. The van der Waals surface area contributed by atoms with Gasteiger partial charge < -0.3 is 10.3 Å². The van der Waals surface area contributed by atoms with Gasteiger partial charge in [0.1, 0.15) is 5.82 Å². The van der Waals surface area contributed by atoms with Crippen molar-refractivity contribution in [2.75, 3.05) is 5.32 Å². The number of H-pyrrole nitrogens is 1. The summed E-state index contributed by atoms with van der Waals surface area (Å²) >= 11 is 0. The fourth-order valence-corrected chi connectivity index (χ4v) is 2.66. The standard InChI is InChI=1S/C18H21N3/c1-3-15(11-14-7-5-4-6-8-14)21-16-9-10-17-18(12-16)20-13(2)19-17/h4-10,12,15,21H,3,11H2,1-2H3,(H,19,20). The summed E-state index contributed by atoms with van der Waals surface area (Å²) in [7, 11) is 0. The molecule has 3 nitrogen and oxygen atoms in total. The largest absolute Gasteiger partial charge is 0.382 e. The fraction of sp³-hybridized carbons (Fsp3) is 0.278. The zero-order valence-electron chi connectivity index (χ0n) is 12.6. The molecule has 0 aliphatic heterocycles. The first-order valence-electron chi connectivity index (χ1n) is 7.51. The van der Waals surface area contributed by atoms with Gasteiger partial charge in [0.15, 0.2) is 0 Å². The molecule has 0 radical (unpaired) electrons. The van der Waals surface area contributed by atoms with Crippen molar-refractivity contribution in [1.82, 2.24) is 9.97 Å². The normalized spacial score (nSPS) is 12.5. The number of benzene rings is 2. The van der Waals surface area contributed by atoms with Gasteiger partial charge in [0.25, 0.3) is 0 Å². The van der Waals surface area contributed by atoms with Gasteiger partial charge in [-0.05, 0) is 43.5 Å². The molecule has 3 rings (SSSR count). The number of imidazole rings is 1. The van der Waals surface area contributed by atoms with Gasteiger partial charge >= 0.3 is 0 Å². The molecule has 0 fully saturated rings. The smallest absolute Gasteiger partial charge is 0.104 e. The first kappa shape index (κ1) is 13.7. The summed E-state index contributed by atoms with van der Waals surface area (Å²) in [6.07, 6.45) is 2.13. The maximum Gasteiger partial charge on any atom is 0.104 e. The third kappa shape index (κ3) is 3.24. The molecule has 0 saturated heterocycles. The highest BCUT2D eigenvalue weighted by Gasteiger charge is 2.08. The monoisotopic (exact) mass is 279 g/mol. The van der Waals surface area contributed by atoms with Crippen molar-refractivity contribution in [3.63, 3.8) is 0 Å². The van der Waals surface area contributed by atoms with E-state index in [1.807, 2.05) is 6.92 Å². The van der Waals surface area contributed by atoms with Gasteiger partial charge in [0.2, 0.25) is 0 Å². The van der Waals surface area contributed by atoms with Gasteiger partial charge in [-0.15, -0.1) is 0 Å². The van der Waals surface area contributed by atoms with E-state index in [0.717, 1.165) is 35.4 Å². The Labute approximate surface area is 125 Å². The first-order valence-corrected chi connectivity index (χ1v) is 7.51. The van der Waals surface area contributed by atoms with Crippen LogP contribution < -0.4 is 5.32 Å². The molecule has 0 aliphatic carbocycles. The third-order valence-corrected chi connectivity index (χ3v) is 3.79. The highest BCUT2D eigenvalue weighted by molar-refractivity contribution is 5.79. The Balaban J connectivity index is 1.75. The van der Waals surface area contributed by atoms with Crippen LogP contribution in [0.5, 0.6) is 0 Å². The molecule has 0 amide bonds. The molecule has 1 atom stereocenters. The fourth-order valence-electron chi connectivity index (χ4n) is 2.66. The molecule has 1 unspecified atom stereocenters. The summed E-state index contributed by atoms with van der Waals surface area (Å²) in [5, 5.41) is 3.63. The molecule has 0 spiro atoms. The van der Waals surface area contributed by atoms with Gasteiger partial charge in [0, 0.05) is 11.7 Å². The van der Waals surface area contributed by atoms with Crippen LogP contribution in [-0.4, -0.2) is 16.0 Å². The van der Waals surface area contributed by atoms with E-state index in [1.54, 1.807) is 0 Å². The van der Waals surface area contributed by atoms with Crippen molar-refractivity contribution in [1.29, 1.82) is 0 Å². The van der Waals surface area contributed by atoms with Crippen molar-refractivity contribution in [3.8, 4) is 0 Å². The molecule has 3 aromatic rings. The number of aromatic amines is 1. The summed E-state index contributed by atoms with van der Waals surface area (Å²) in [5.74, 6) is 0.957. The number of aryl methyl sites for hydroxylation is 1. The molecule has 0 aliphatic rings. The second kappa shape index (κ2) is 6.00. The molecule has 0 saturated carbocycles. The van der Waals surface area contributed by atoms with Crippen molar-refractivity contribution in [3.05, 3.63) is 59.9 Å². The topological polar surface area (TPSA) is 40.7 Å². The molecule has 3 heteroatoms. The van der Waals surface area contributed by atoms with Crippen LogP contribution in [0.4, 0.5) is 5.69 Å². The Morgan fingerprint density at radius 3 is 2.71 bits per heavy atom. The van der Waals surface area contributed by atoms with Crippen LogP contribution in [0.3, 0.4) is 0 Å². The van der Waals surface area contributed by atoms with Gasteiger partial charge in [0.05, 0.1) is 11.0 Å². The molecule has 21 heavy (non-hydrogen) atoms. The van der Waals surface area contributed by atoms with E-state index in [2.05, 4.69) is 70.7 Å². The predicted molar refractivity (Wildman–Crippen MR) is 88.7 cm³/mol. The number of aromatic nitrogens is 2. The number of nitrogens with zero attached hydrogens (tertiary/aromatic N) is 1. The maximum atomic E-state index is 4.44. The molecular weight excluding hydrogens is 258 g/mol. The van der Waals surface area contributed by atoms with Crippen LogP contribution in [0.1, 0.15) is 24.7 Å². The molecular formula is C18H21N3. The zero-order valence-corrected chi connectivity index (χ0v) is 12.6. The van der Waals surface area contributed by atoms with E-state index in [-0.39, 0.29) is 0 Å². The van der Waals surface area contributed by atoms with Gasteiger partial charge in [-0.2, -0.15) is 0 Å². The van der Waals surface area contributed by atoms with Crippen LogP contribution >= 0.6 is 0 Å². The number of fused-ring (bicyclic) bond motifs is 1. The quantitative estimate of drug-likeness (QED) is 0.731. The Morgan fingerprint density at radius 1 is 1.14 bits per heavy atom. The minimum Gasteiger partial charge on any atom is -0.382 e. The average molecular weight is 279 g/mol. The van der Waals surface area contributed by atoms with Gasteiger partial charge in [-0.25, -0.2) is 4.98 Å². The van der Waals surface area contributed by atoms with Crippen LogP contribution in [-0.2, 0) is 6.42 Å². The van der Waals surface area contributed by atoms with Gasteiger partial charge in [-0.3, -0.25) is 0 Å². The van der Waals surface area contributed by atoms with Crippen LogP contribution in [0.2, 0.25) is 0 Å². The Kier molecular flexibility index (Phi) is 3.91. The van der Waals surface area contributed by atoms with E-state index in [9.17, 15) is 0 Å². The minimum absolute atomic E-state index is 0.439. The van der Waals surface area contributed by atoms with E-state index in [4.69, 9.17) is 0 Å². The first-order chi connectivity index (χ1) is 10.2. The van der Waals surface area contributed by atoms with Crippen molar-refractivity contribution >= 4 is 16.7 Å². The van der Waals surface area contributed by atoms with Crippen LogP contribution in [0.25, 0.3) is 11.0 Å². The van der Waals surface area contributed by atoms with E-state index in [0.29, 0.717) is 6.04 Å². The number of hydrogen-bond donors (Lipinski definition) is 2. The average Bonchev–Trinajstić information content (AvgIpc) is 2.87. The third-order valence-electron chi connectivity index (χ3n) is 3.79. The van der Waals surface area contributed by atoms with Crippen molar-refractivity contribution < 1.29 is 0 Å². The zero-order chi connectivity index (χ0) is 14.7.